The van der Waals surface area contributed by atoms with Crippen LogP contribution in [0, 0.1) is 12.7 Å². The molecule has 5 heteroatoms. The fraction of sp³-hybridized carbons (Fsp3) is 0.0909. The topological polar surface area (TPSA) is 55.1 Å². The molecule has 1 heterocycles. The molecule has 0 aliphatic rings. The molecule has 0 spiro atoms. The lowest BCUT2D eigenvalue weighted by molar-refractivity contribution is 0.0687. The van der Waals surface area contributed by atoms with Crippen LogP contribution in [0.3, 0.4) is 0 Å². The molecule has 0 aliphatic carbocycles. The van der Waals surface area contributed by atoms with Gasteiger partial charge in [-0.15, -0.1) is 0 Å². The van der Waals surface area contributed by atoms with Crippen LogP contribution in [0.25, 0.3) is 5.69 Å². The van der Waals surface area contributed by atoms with Crippen molar-refractivity contribution in [3.8, 4) is 5.69 Å². The van der Waals surface area contributed by atoms with Crippen molar-refractivity contribution in [2.24, 2.45) is 0 Å². The molecule has 0 atom stereocenters. The first-order chi connectivity index (χ1) is 7.58. The summed E-state index contributed by atoms with van der Waals surface area (Å²) >= 11 is 0. The lowest BCUT2D eigenvalue weighted by atomic mass is 10.3. The van der Waals surface area contributed by atoms with E-state index in [2.05, 4.69) is 5.10 Å². The molecule has 2 rings (SSSR count). The molecule has 0 radical (unpaired) electrons. The second-order valence-electron chi connectivity index (χ2n) is 3.37. The number of hydrogen-bond donors (Lipinski definition) is 1. The monoisotopic (exact) mass is 220 g/mol. The summed E-state index contributed by atoms with van der Waals surface area (Å²) in [7, 11) is 0. The Morgan fingerprint density at radius 1 is 1.44 bits per heavy atom. The smallest absolute Gasteiger partial charge is 0.354 e. The average Bonchev–Trinajstić information content (AvgIpc) is 2.60. The molecule has 82 valence electrons. The van der Waals surface area contributed by atoms with E-state index in [0.717, 1.165) is 0 Å². The van der Waals surface area contributed by atoms with E-state index in [1.54, 1.807) is 13.0 Å². The first kappa shape index (κ1) is 10.4. The molecule has 0 saturated heterocycles. The molecule has 0 aliphatic heterocycles. The molecule has 2 aromatic rings. The van der Waals surface area contributed by atoms with Crippen molar-refractivity contribution in [1.82, 2.24) is 9.78 Å². The second-order valence-corrected chi connectivity index (χ2v) is 3.37. The fourth-order valence-corrected chi connectivity index (χ4v) is 1.46. The Balaban J connectivity index is 2.59. The Morgan fingerprint density at radius 3 is 2.81 bits per heavy atom. The van der Waals surface area contributed by atoms with Crippen LogP contribution in [0.1, 0.15) is 16.2 Å². The van der Waals surface area contributed by atoms with Crippen LogP contribution in [-0.4, -0.2) is 20.9 Å². The Kier molecular flexibility index (Phi) is 2.44. The SMILES string of the molecule is Cc1cc(C(=O)O)n(-c2cccc(F)c2)n1. The minimum Gasteiger partial charge on any atom is -0.477 e. The first-order valence-corrected chi connectivity index (χ1v) is 4.64. The Labute approximate surface area is 90.9 Å². The van der Waals surface area contributed by atoms with Crippen LogP contribution in [-0.2, 0) is 0 Å². The number of aryl methyl sites for hydroxylation is 1. The summed E-state index contributed by atoms with van der Waals surface area (Å²) in [6.07, 6.45) is 0. The van der Waals surface area contributed by atoms with Gasteiger partial charge in [0.15, 0.2) is 5.69 Å². The highest BCUT2D eigenvalue weighted by molar-refractivity contribution is 5.86. The van der Waals surface area contributed by atoms with Gasteiger partial charge in [0.1, 0.15) is 5.82 Å². The summed E-state index contributed by atoms with van der Waals surface area (Å²) in [5.41, 5.74) is 0.982. The van der Waals surface area contributed by atoms with Gasteiger partial charge in [0.05, 0.1) is 11.4 Å². The average molecular weight is 220 g/mol. The van der Waals surface area contributed by atoms with Crippen molar-refractivity contribution in [1.29, 1.82) is 0 Å². The number of halogens is 1. The highest BCUT2D eigenvalue weighted by atomic mass is 19.1. The van der Waals surface area contributed by atoms with Gasteiger partial charge in [0.2, 0.25) is 0 Å². The van der Waals surface area contributed by atoms with Crippen LogP contribution in [0.4, 0.5) is 4.39 Å². The van der Waals surface area contributed by atoms with E-state index < -0.39 is 11.8 Å². The number of benzene rings is 1. The third-order valence-electron chi connectivity index (χ3n) is 2.10. The van der Waals surface area contributed by atoms with Gasteiger partial charge in [0.25, 0.3) is 0 Å². The summed E-state index contributed by atoms with van der Waals surface area (Å²) < 4.78 is 14.2. The number of nitrogens with zero attached hydrogens (tertiary/aromatic N) is 2. The van der Waals surface area contributed by atoms with Crippen molar-refractivity contribution < 1.29 is 14.3 Å². The zero-order valence-corrected chi connectivity index (χ0v) is 8.51. The van der Waals surface area contributed by atoms with E-state index in [-0.39, 0.29) is 5.69 Å². The van der Waals surface area contributed by atoms with E-state index >= 15 is 0 Å². The predicted octanol–water partition coefficient (Wildman–Crippen LogP) is 2.02. The number of hydrogen-bond acceptors (Lipinski definition) is 2. The molecular formula is C11H9FN2O2. The molecule has 1 aromatic heterocycles. The van der Waals surface area contributed by atoms with E-state index in [1.165, 1.54) is 28.9 Å². The van der Waals surface area contributed by atoms with Gasteiger partial charge in [-0.1, -0.05) is 6.07 Å². The number of carbonyl (C=O) groups is 1. The van der Waals surface area contributed by atoms with Crippen LogP contribution in [0.5, 0.6) is 0 Å². The van der Waals surface area contributed by atoms with Gasteiger partial charge in [-0.25, -0.2) is 13.9 Å². The van der Waals surface area contributed by atoms with Gasteiger partial charge in [-0.2, -0.15) is 5.10 Å². The Bertz CT molecular complexity index is 549. The predicted molar refractivity (Wildman–Crippen MR) is 55.2 cm³/mol. The third kappa shape index (κ3) is 1.79. The van der Waals surface area contributed by atoms with Gasteiger partial charge in [-0.3, -0.25) is 0 Å². The third-order valence-corrected chi connectivity index (χ3v) is 2.10. The van der Waals surface area contributed by atoms with Crippen LogP contribution >= 0.6 is 0 Å². The minimum atomic E-state index is -1.09. The number of carboxylic acids is 1. The van der Waals surface area contributed by atoms with Crippen molar-refractivity contribution in [3.63, 3.8) is 0 Å². The Morgan fingerprint density at radius 2 is 2.19 bits per heavy atom. The number of aromatic nitrogens is 2. The molecule has 1 N–H and O–H groups in total. The van der Waals surface area contributed by atoms with Crippen LogP contribution in [0.2, 0.25) is 0 Å². The molecule has 0 amide bonds. The van der Waals surface area contributed by atoms with Crippen molar-refractivity contribution in [2.75, 3.05) is 0 Å². The normalized spacial score (nSPS) is 10.4. The van der Waals surface area contributed by atoms with Gasteiger partial charge in [-0.05, 0) is 31.2 Å². The molecule has 16 heavy (non-hydrogen) atoms. The highest BCUT2D eigenvalue weighted by Crippen LogP contribution is 2.13. The number of carboxylic acid groups (broad SMARTS) is 1. The fourth-order valence-electron chi connectivity index (χ4n) is 1.46. The van der Waals surface area contributed by atoms with Crippen molar-refractivity contribution >= 4 is 5.97 Å². The van der Waals surface area contributed by atoms with Crippen LogP contribution < -0.4 is 0 Å². The highest BCUT2D eigenvalue weighted by Gasteiger charge is 2.13. The Hall–Kier alpha value is -2.17. The molecule has 4 nitrogen and oxygen atoms in total. The lowest BCUT2D eigenvalue weighted by Gasteiger charge is -2.03. The molecule has 0 saturated carbocycles. The van der Waals surface area contributed by atoms with Gasteiger partial charge in [0, 0.05) is 0 Å². The van der Waals surface area contributed by atoms with Gasteiger partial charge < -0.3 is 5.11 Å². The molecule has 0 fully saturated rings. The zero-order valence-electron chi connectivity index (χ0n) is 8.51. The first-order valence-electron chi connectivity index (χ1n) is 4.64. The molecule has 1 aromatic carbocycles. The maximum atomic E-state index is 13.0. The maximum absolute atomic E-state index is 13.0. The standard InChI is InChI=1S/C11H9FN2O2/c1-7-5-10(11(15)16)14(13-7)9-4-2-3-8(12)6-9/h2-6H,1H3,(H,15,16). The van der Waals surface area contributed by atoms with Crippen LogP contribution in [0.15, 0.2) is 30.3 Å². The number of rotatable bonds is 2. The minimum absolute atomic E-state index is 0.0168. The van der Waals surface area contributed by atoms with Crippen molar-refractivity contribution in [3.05, 3.63) is 47.5 Å². The second kappa shape index (κ2) is 3.77. The van der Waals surface area contributed by atoms with E-state index in [1.807, 2.05) is 0 Å². The largest absolute Gasteiger partial charge is 0.477 e. The summed E-state index contributed by atoms with van der Waals surface area (Å²) in [4.78, 5) is 10.9. The summed E-state index contributed by atoms with van der Waals surface area (Å²) in [5, 5.41) is 13.0. The van der Waals surface area contributed by atoms with E-state index in [0.29, 0.717) is 11.4 Å². The zero-order chi connectivity index (χ0) is 11.7. The van der Waals surface area contributed by atoms with Crippen molar-refractivity contribution in [2.45, 2.75) is 6.92 Å². The van der Waals surface area contributed by atoms with Gasteiger partial charge >= 0.3 is 5.97 Å². The summed E-state index contributed by atoms with van der Waals surface area (Å²) in [6, 6.07) is 7.07. The quantitative estimate of drug-likeness (QED) is 0.842. The molecule has 0 bridgehead atoms. The van der Waals surface area contributed by atoms with E-state index in [9.17, 15) is 9.18 Å². The summed E-state index contributed by atoms with van der Waals surface area (Å²) in [6.45, 7) is 1.68. The summed E-state index contributed by atoms with van der Waals surface area (Å²) in [5.74, 6) is -1.52. The number of aromatic carboxylic acids is 1. The lowest BCUT2D eigenvalue weighted by Crippen LogP contribution is -2.07. The maximum Gasteiger partial charge on any atom is 0.354 e. The van der Waals surface area contributed by atoms with E-state index in [4.69, 9.17) is 5.11 Å². The molecule has 0 unspecified atom stereocenters. The molecular weight excluding hydrogens is 211 g/mol.